The number of sulfone groups is 1. The maximum Gasteiger partial charge on any atom is 0.235 e. The number of anilines is 1. The van der Waals surface area contributed by atoms with Crippen LogP contribution in [-0.2, 0) is 14.6 Å². The van der Waals surface area contributed by atoms with E-state index in [-0.39, 0.29) is 21.6 Å². The monoisotopic (exact) mass is 316 g/mol. The molecule has 0 heterocycles. The van der Waals surface area contributed by atoms with E-state index in [1.807, 2.05) is 0 Å². The molecule has 3 N–H and O–H groups in total. The first-order valence-electron chi connectivity index (χ1n) is 6.46. The van der Waals surface area contributed by atoms with Crippen LogP contribution in [0.1, 0.15) is 25.7 Å². The average molecular weight is 317 g/mol. The molecule has 0 saturated heterocycles. The van der Waals surface area contributed by atoms with E-state index < -0.39 is 21.5 Å². The van der Waals surface area contributed by atoms with Gasteiger partial charge in [0.15, 0.2) is 9.84 Å². The molecular formula is C13H17ClN2O3S. The molecule has 0 aliphatic heterocycles. The Morgan fingerprint density at radius 2 is 2.00 bits per heavy atom. The number of nitrogens with one attached hydrogen (secondary N) is 1. The molecular weight excluding hydrogens is 300 g/mol. The van der Waals surface area contributed by atoms with Crippen molar-refractivity contribution >= 4 is 33.0 Å². The fraction of sp³-hybridized carbons (Fsp3) is 0.462. The summed E-state index contributed by atoms with van der Waals surface area (Å²) >= 11 is 5.88. The third-order valence-electron chi connectivity index (χ3n) is 3.35. The van der Waals surface area contributed by atoms with E-state index in [9.17, 15) is 13.2 Å². The quantitative estimate of drug-likeness (QED) is 0.828. The van der Waals surface area contributed by atoms with Crippen LogP contribution in [0.5, 0.6) is 0 Å². The van der Waals surface area contributed by atoms with Gasteiger partial charge in [0.25, 0.3) is 0 Å². The Labute approximate surface area is 123 Å². The van der Waals surface area contributed by atoms with Crippen molar-refractivity contribution in [2.45, 2.75) is 36.6 Å². The van der Waals surface area contributed by atoms with Crippen molar-refractivity contribution in [1.29, 1.82) is 0 Å². The molecule has 1 aliphatic rings. The predicted octanol–water partition coefficient (Wildman–Crippen LogP) is 1.75. The van der Waals surface area contributed by atoms with Crippen LogP contribution in [0.4, 0.5) is 5.69 Å². The minimum atomic E-state index is -3.83. The first-order chi connectivity index (χ1) is 9.40. The van der Waals surface area contributed by atoms with Crippen molar-refractivity contribution in [2.75, 3.05) is 11.5 Å². The van der Waals surface area contributed by atoms with Crippen LogP contribution in [-0.4, -0.2) is 26.1 Å². The largest absolute Gasteiger partial charge is 0.398 e. The Kier molecular flexibility index (Phi) is 4.55. The van der Waals surface area contributed by atoms with E-state index in [0.717, 1.165) is 25.7 Å². The van der Waals surface area contributed by atoms with Gasteiger partial charge in [0, 0.05) is 6.04 Å². The highest BCUT2D eigenvalue weighted by molar-refractivity contribution is 7.92. The molecule has 1 aromatic rings. The Morgan fingerprint density at radius 1 is 1.35 bits per heavy atom. The summed E-state index contributed by atoms with van der Waals surface area (Å²) < 4.78 is 24.5. The summed E-state index contributed by atoms with van der Waals surface area (Å²) in [5.74, 6) is -1.13. The highest BCUT2D eigenvalue weighted by Crippen LogP contribution is 2.28. The highest BCUT2D eigenvalue weighted by atomic mass is 35.5. The molecule has 2 rings (SSSR count). The molecule has 0 atom stereocenters. The van der Waals surface area contributed by atoms with Crippen LogP contribution >= 0.6 is 11.6 Å². The van der Waals surface area contributed by atoms with Crippen LogP contribution in [0.15, 0.2) is 23.1 Å². The normalized spacial score (nSPS) is 16.2. The Hall–Kier alpha value is -1.27. The molecule has 0 aromatic heterocycles. The van der Waals surface area contributed by atoms with Crippen molar-refractivity contribution in [3.63, 3.8) is 0 Å². The zero-order chi connectivity index (χ0) is 14.8. The van der Waals surface area contributed by atoms with E-state index in [2.05, 4.69) is 5.32 Å². The lowest BCUT2D eigenvalue weighted by Crippen LogP contribution is -2.37. The summed E-state index contributed by atoms with van der Waals surface area (Å²) in [6.07, 6.45) is 3.93. The molecule has 1 fully saturated rings. The number of benzene rings is 1. The lowest BCUT2D eigenvalue weighted by Gasteiger charge is -2.13. The number of carbonyl (C=O) groups is 1. The van der Waals surface area contributed by atoms with E-state index in [1.165, 1.54) is 12.1 Å². The Morgan fingerprint density at radius 3 is 2.60 bits per heavy atom. The van der Waals surface area contributed by atoms with Gasteiger partial charge in [-0.3, -0.25) is 4.79 Å². The molecule has 1 aromatic carbocycles. The number of nitrogens with two attached hydrogens (primary N) is 1. The smallest absolute Gasteiger partial charge is 0.235 e. The van der Waals surface area contributed by atoms with Crippen LogP contribution in [0, 0.1) is 0 Å². The summed E-state index contributed by atoms with van der Waals surface area (Å²) in [5.41, 5.74) is 5.71. The Bertz CT molecular complexity index is 590. The van der Waals surface area contributed by atoms with E-state index >= 15 is 0 Å². The zero-order valence-corrected chi connectivity index (χ0v) is 12.5. The summed E-state index contributed by atoms with van der Waals surface area (Å²) in [6, 6.07) is 4.55. The summed E-state index contributed by atoms with van der Waals surface area (Å²) in [4.78, 5) is 11.7. The number of rotatable bonds is 4. The molecule has 5 nitrogen and oxygen atoms in total. The van der Waals surface area contributed by atoms with Crippen molar-refractivity contribution < 1.29 is 13.2 Å². The molecule has 20 heavy (non-hydrogen) atoms. The standard InChI is InChI=1S/C13H17ClN2O3S/c14-10-6-3-7-11(15)13(10)20(18,19)8-12(17)16-9-4-1-2-5-9/h3,6-7,9H,1-2,4-5,8,15H2,(H,16,17). The lowest BCUT2D eigenvalue weighted by atomic mass is 10.2. The van der Waals surface area contributed by atoms with Gasteiger partial charge in [-0.2, -0.15) is 0 Å². The van der Waals surface area contributed by atoms with Crippen molar-refractivity contribution in [1.82, 2.24) is 5.32 Å². The molecule has 0 bridgehead atoms. The fourth-order valence-corrected chi connectivity index (χ4v) is 4.34. The molecule has 1 aliphatic carbocycles. The highest BCUT2D eigenvalue weighted by Gasteiger charge is 2.26. The van der Waals surface area contributed by atoms with Crippen molar-refractivity contribution in [2.24, 2.45) is 0 Å². The van der Waals surface area contributed by atoms with Crippen molar-refractivity contribution in [3.05, 3.63) is 23.2 Å². The first kappa shape index (κ1) is 15.1. The van der Waals surface area contributed by atoms with Gasteiger partial charge >= 0.3 is 0 Å². The van der Waals surface area contributed by atoms with E-state index in [0.29, 0.717) is 0 Å². The van der Waals surface area contributed by atoms with Gasteiger partial charge in [-0.05, 0) is 25.0 Å². The maximum absolute atomic E-state index is 12.2. The van der Waals surface area contributed by atoms with Crippen LogP contribution < -0.4 is 11.1 Å². The minimum Gasteiger partial charge on any atom is -0.398 e. The molecule has 1 amide bonds. The number of nitrogen functional groups attached to an aromatic ring is 1. The molecule has 1 saturated carbocycles. The van der Waals surface area contributed by atoms with Gasteiger partial charge in [-0.15, -0.1) is 0 Å². The fourth-order valence-electron chi connectivity index (χ4n) is 2.44. The summed E-state index contributed by atoms with van der Waals surface area (Å²) in [6.45, 7) is 0. The van der Waals surface area contributed by atoms with E-state index in [4.69, 9.17) is 17.3 Å². The number of amides is 1. The first-order valence-corrected chi connectivity index (χ1v) is 8.49. The van der Waals surface area contributed by atoms with Gasteiger partial charge in [-0.1, -0.05) is 30.5 Å². The second-order valence-corrected chi connectivity index (χ2v) is 7.30. The molecule has 110 valence electrons. The number of carbonyl (C=O) groups excluding carboxylic acids is 1. The average Bonchev–Trinajstić information content (AvgIpc) is 2.79. The minimum absolute atomic E-state index is 0.0404. The predicted molar refractivity (Wildman–Crippen MR) is 78.3 cm³/mol. The second-order valence-electron chi connectivity index (χ2n) is 4.97. The number of hydrogen-bond acceptors (Lipinski definition) is 4. The molecule has 7 heteroatoms. The number of hydrogen-bond donors (Lipinski definition) is 2. The second kappa shape index (κ2) is 6.01. The molecule has 0 unspecified atom stereocenters. The van der Waals surface area contributed by atoms with Gasteiger partial charge in [0.05, 0.1) is 10.7 Å². The van der Waals surface area contributed by atoms with Gasteiger partial charge < -0.3 is 11.1 Å². The van der Waals surface area contributed by atoms with Gasteiger partial charge in [0.2, 0.25) is 5.91 Å². The maximum atomic E-state index is 12.2. The summed E-state index contributed by atoms with van der Waals surface area (Å²) in [7, 11) is -3.83. The third kappa shape index (κ3) is 3.43. The van der Waals surface area contributed by atoms with Gasteiger partial charge in [-0.25, -0.2) is 8.42 Å². The number of halogens is 1. The lowest BCUT2D eigenvalue weighted by molar-refractivity contribution is -0.119. The topological polar surface area (TPSA) is 89.3 Å². The SMILES string of the molecule is Nc1cccc(Cl)c1S(=O)(=O)CC(=O)NC1CCCC1. The van der Waals surface area contributed by atoms with E-state index in [1.54, 1.807) is 6.07 Å². The van der Waals surface area contributed by atoms with Crippen LogP contribution in [0.25, 0.3) is 0 Å². The zero-order valence-electron chi connectivity index (χ0n) is 10.9. The van der Waals surface area contributed by atoms with Crippen LogP contribution in [0.3, 0.4) is 0 Å². The Balaban J connectivity index is 2.12. The molecule has 0 spiro atoms. The summed E-state index contributed by atoms with van der Waals surface area (Å²) in [5, 5.41) is 2.78. The third-order valence-corrected chi connectivity index (χ3v) is 5.50. The van der Waals surface area contributed by atoms with Crippen LogP contribution in [0.2, 0.25) is 5.02 Å². The molecule has 0 radical (unpaired) electrons. The van der Waals surface area contributed by atoms with Gasteiger partial charge in [0.1, 0.15) is 10.6 Å². The van der Waals surface area contributed by atoms with Crippen molar-refractivity contribution in [3.8, 4) is 0 Å².